The molecule has 2 aliphatic rings. The summed E-state index contributed by atoms with van der Waals surface area (Å²) in [6.07, 6.45) is 1.21. The van der Waals surface area contributed by atoms with Crippen LogP contribution in [0.2, 0.25) is 0 Å². The van der Waals surface area contributed by atoms with Crippen LogP contribution < -0.4 is 0 Å². The van der Waals surface area contributed by atoms with Crippen molar-refractivity contribution >= 4 is 21.5 Å². The molecular weight excluding hydrogens is 446 g/mol. The lowest BCUT2D eigenvalue weighted by Gasteiger charge is -2.24. The predicted molar refractivity (Wildman–Crippen MR) is 153 cm³/mol. The molecule has 0 radical (unpaired) electrons. The van der Waals surface area contributed by atoms with Crippen molar-refractivity contribution in [2.75, 3.05) is 0 Å². The second-order valence-electron chi connectivity index (χ2n) is 10.4. The first-order chi connectivity index (χ1) is 18.3. The zero-order valence-corrected chi connectivity index (χ0v) is 20.3. The van der Waals surface area contributed by atoms with E-state index in [1.54, 1.807) is 0 Å². The van der Waals surface area contributed by atoms with Crippen molar-refractivity contribution in [3.8, 4) is 39.4 Å². The van der Waals surface area contributed by atoms with Crippen LogP contribution in [0.1, 0.15) is 34.9 Å². The quantitative estimate of drug-likeness (QED) is 0.232. The van der Waals surface area contributed by atoms with E-state index in [-0.39, 0.29) is 0 Å². The zero-order chi connectivity index (χ0) is 24.5. The maximum absolute atomic E-state index is 9.84. The number of hydrogen-bond acceptors (Lipinski definition) is 1. The van der Waals surface area contributed by atoms with Gasteiger partial charge in [-0.25, -0.2) is 0 Å². The lowest BCUT2D eigenvalue weighted by Crippen LogP contribution is -2.02. The standard InChI is InChI=1S/C36H23N/c37-21-26-7-2-4-9-28(26)30-10-5-11-31-34-20-33(34)29-17-16-25(19-35(29)36(30)31)24-15-14-23-13-12-22-6-1-3-8-27(22)32(23)18-24/h1-19,33-34H,20H2. The summed E-state index contributed by atoms with van der Waals surface area (Å²) in [4.78, 5) is 0. The lowest BCUT2D eigenvalue weighted by molar-refractivity contribution is 1.01. The van der Waals surface area contributed by atoms with E-state index in [0.717, 1.165) is 11.1 Å². The minimum atomic E-state index is 0.592. The molecule has 0 saturated heterocycles. The summed E-state index contributed by atoms with van der Waals surface area (Å²) < 4.78 is 0. The molecule has 172 valence electrons. The van der Waals surface area contributed by atoms with Gasteiger partial charge in [-0.1, -0.05) is 97.1 Å². The van der Waals surface area contributed by atoms with Gasteiger partial charge in [-0.15, -0.1) is 0 Å². The van der Waals surface area contributed by atoms with Crippen LogP contribution >= 0.6 is 0 Å². The smallest absolute Gasteiger partial charge is 0.0998 e. The highest BCUT2D eigenvalue weighted by atomic mass is 14.5. The van der Waals surface area contributed by atoms with Gasteiger partial charge in [0.05, 0.1) is 11.6 Å². The highest BCUT2D eigenvalue weighted by Crippen LogP contribution is 2.63. The summed E-state index contributed by atoms with van der Waals surface area (Å²) >= 11 is 0. The molecule has 1 fully saturated rings. The number of fused-ring (bicyclic) bond motifs is 9. The molecule has 0 aromatic heterocycles. The van der Waals surface area contributed by atoms with Crippen LogP contribution in [-0.4, -0.2) is 0 Å². The highest BCUT2D eigenvalue weighted by molar-refractivity contribution is 6.08. The second kappa shape index (κ2) is 7.66. The van der Waals surface area contributed by atoms with Gasteiger partial charge >= 0.3 is 0 Å². The molecule has 6 aromatic rings. The van der Waals surface area contributed by atoms with Crippen LogP contribution in [0.15, 0.2) is 115 Å². The molecule has 0 N–H and O–H groups in total. The first-order valence-corrected chi connectivity index (χ1v) is 13.0. The molecule has 2 unspecified atom stereocenters. The summed E-state index contributed by atoms with van der Waals surface area (Å²) in [7, 11) is 0. The summed E-state index contributed by atoms with van der Waals surface area (Å²) in [5, 5.41) is 15.0. The van der Waals surface area contributed by atoms with E-state index in [4.69, 9.17) is 0 Å². The van der Waals surface area contributed by atoms with Gasteiger partial charge in [-0.05, 0) is 96.9 Å². The Morgan fingerprint density at radius 1 is 0.541 bits per heavy atom. The Hall–Kier alpha value is -4.67. The Bertz CT molecular complexity index is 1940. The van der Waals surface area contributed by atoms with Crippen molar-refractivity contribution < 1.29 is 0 Å². The molecule has 0 bridgehead atoms. The zero-order valence-electron chi connectivity index (χ0n) is 20.3. The van der Waals surface area contributed by atoms with Crippen molar-refractivity contribution in [2.24, 2.45) is 0 Å². The van der Waals surface area contributed by atoms with Gasteiger partial charge in [-0.3, -0.25) is 0 Å². The molecule has 1 nitrogen and oxygen atoms in total. The largest absolute Gasteiger partial charge is 0.192 e. The average Bonchev–Trinajstić information content (AvgIpc) is 3.78. The number of benzene rings is 6. The van der Waals surface area contributed by atoms with Crippen molar-refractivity contribution in [1.29, 1.82) is 5.26 Å². The van der Waals surface area contributed by atoms with Crippen LogP contribution in [0, 0.1) is 11.3 Å². The molecular formula is C36H23N. The summed E-state index contributed by atoms with van der Waals surface area (Å²) in [5.41, 5.74) is 10.9. The van der Waals surface area contributed by atoms with E-state index in [0.29, 0.717) is 11.8 Å². The van der Waals surface area contributed by atoms with Crippen molar-refractivity contribution in [1.82, 2.24) is 0 Å². The van der Waals surface area contributed by atoms with E-state index < -0.39 is 0 Å². The SMILES string of the molecule is N#Cc1ccccc1-c1cccc2c1-c1cc(-c3ccc4ccc5ccccc5c4c3)ccc1C1CC21. The summed E-state index contributed by atoms with van der Waals surface area (Å²) in [6.45, 7) is 0. The Balaban J connectivity index is 1.35. The topological polar surface area (TPSA) is 23.8 Å². The van der Waals surface area contributed by atoms with Gasteiger partial charge in [0.25, 0.3) is 0 Å². The van der Waals surface area contributed by atoms with Crippen molar-refractivity contribution in [2.45, 2.75) is 18.3 Å². The fraction of sp³-hybridized carbons (Fsp3) is 0.0833. The van der Waals surface area contributed by atoms with Gasteiger partial charge in [-0.2, -0.15) is 5.26 Å². The van der Waals surface area contributed by atoms with E-state index in [1.165, 1.54) is 66.9 Å². The second-order valence-corrected chi connectivity index (χ2v) is 10.4. The number of hydrogen-bond donors (Lipinski definition) is 0. The van der Waals surface area contributed by atoms with Crippen LogP contribution in [0.3, 0.4) is 0 Å². The monoisotopic (exact) mass is 469 g/mol. The number of rotatable bonds is 2. The molecule has 8 rings (SSSR count). The van der Waals surface area contributed by atoms with Crippen LogP contribution in [0.5, 0.6) is 0 Å². The van der Waals surface area contributed by atoms with E-state index in [1.807, 2.05) is 18.2 Å². The highest BCUT2D eigenvalue weighted by Gasteiger charge is 2.46. The van der Waals surface area contributed by atoms with Crippen LogP contribution in [0.4, 0.5) is 0 Å². The summed E-state index contributed by atoms with van der Waals surface area (Å²) in [5.74, 6) is 1.20. The third-order valence-electron chi connectivity index (χ3n) is 8.43. The third-order valence-corrected chi connectivity index (χ3v) is 8.43. The summed E-state index contributed by atoms with van der Waals surface area (Å²) in [6, 6.07) is 44.0. The Morgan fingerprint density at radius 3 is 2.16 bits per heavy atom. The maximum atomic E-state index is 9.84. The van der Waals surface area contributed by atoms with Gasteiger partial charge in [0, 0.05) is 5.56 Å². The molecule has 6 aromatic carbocycles. The normalized spacial score (nSPS) is 17.1. The Morgan fingerprint density at radius 2 is 1.24 bits per heavy atom. The molecule has 0 spiro atoms. The Kier molecular flexibility index (Phi) is 4.25. The average molecular weight is 470 g/mol. The molecule has 2 aliphatic carbocycles. The fourth-order valence-electron chi connectivity index (χ4n) is 6.56. The van der Waals surface area contributed by atoms with Gasteiger partial charge < -0.3 is 0 Å². The lowest BCUT2D eigenvalue weighted by atomic mass is 9.79. The van der Waals surface area contributed by atoms with Crippen molar-refractivity contribution in [3.63, 3.8) is 0 Å². The van der Waals surface area contributed by atoms with Crippen LogP contribution in [-0.2, 0) is 0 Å². The number of nitrogens with zero attached hydrogens (tertiary/aromatic N) is 1. The first kappa shape index (κ1) is 20.5. The van der Waals surface area contributed by atoms with Gasteiger partial charge in [0.2, 0.25) is 0 Å². The van der Waals surface area contributed by atoms with E-state index >= 15 is 0 Å². The molecule has 0 heterocycles. The van der Waals surface area contributed by atoms with Crippen molar-refractivity contribution in [3.05, 3.63) is 132 Å². The van der Waals surface area contributed by atoms with Crippen LogP contribution in [0.25, 0.3) is 54.9 Å². The third kappa shape index (κ3) is 3.03. The Labute approximate surface area is 216 Å². The molecule has 0 amide bonds. The first-order valence-electron chi connectivity index (χ1n) is 13.0. The molecule has 2 atom stereocenters. The minimum Gasteiger partial charge on any atom is -0.192 e. The molecule has 0 aliphatic heterocycles. The predicted octanol–water partition coefficient (Wildman–Crippen LogP) is 9.45. The van der Waals surface area contributed by atoms with E-state index in [9.17, 15) is 5.26 Å². The van der Waals surface area contributed by atoms with Gasteiger partial charge in [0.1, 0.15) is 0 Å². The maximum Gasteiger partial charge on any atom is 0.0998 e. The molecule has 1 heteroatoms. The molecule has 1 saturated carbocycles. The van der Waals surface area contributed by atoms with E-state index in [2.05, 4.69) is 103 Å². The van der Waals surface area contributed by atoms with Gasteiger partial charge in [0.15, 0.2) is 0 Å². The molecule has 37 heavy (non-hydrogen) atoms. The number of nitriles is 1. The fourth-order valence-corrected chi connectivity index (χ4v) is 6.56. The minimum absolute atomic E-state index is 0.592.